The molecule has 2 aliphatic rings. The Hall–Kier alpha value is -0.980. The second kappa shape index (κ2) is 7.73. The third-order valence-electron chi connectivity index (χ3n) is 5.00. The molecule has 128 valence electrons. The number of benzene rings is 1. The van der Waals surface area contributed by atoms with Gasteiger partial charge in [-0.2, -0.15) is 0 Å². The van der Waals surface area contributed by atoms with E-state index in [0.717, 1.165) is 39.1 Å². The van der Waals surface area contributed by atoms with Gasteiger partial charge in [0.25, 0.3) is 0 Å². The first kappa shape index (κ1) is 16.9. The molecule has 2 heterocycles. The van der Waals surface area contributed by atoms with Crippen molar-refractivity contribution in [2.75, 3.05) is 52.6 Å². The number of rotatable bonds is 5. The van der Waals surface area contributed by atoms with Gasteiger partial charge in [0.05, 0.1) is 13.2 Å². The Morgan fingerprint density at radius 1 is 1.04 bits per heavy atom. The Kier molecular flexibility index (Phi) is 5.67. The van der Waals surface area contributed by atoms with Crippen LogP contribution in [-0.2, 0) is 14.9 Å². The molecule has 2 saturated heterocycles. The molecule has 0 bridgehead atoms. The molecule has 1 atom stereocenters. The molecule has 2 fully saturated rings. The number of β-amino-alcohol motifs (C(OH)–C–C–N with tert-alkyl or cyclic N) is 1. The van der Waals surface area contributed by atoms with Gasteiger partial charge in [-0.25, -0.2) is 0 Å². The molecule has 3 N–H and O–H groups in total. The van der Waals surface area contributed by atoms with E-state index >= 15 is 0 Å². The monoisotopic (exact) mass is 320 g/mol. The predicted octanol–water partition coefficient (Wildman–Crippen LogP) is 0.675. The summed E-state index contributed by atoms with van der Waals surface area (Å²) in [6.07, 6.45) is 2.02. The van der Waals surface area contributed by atoms with Gasteiger partial charge in [-0.1, -0.05) is 30.3 Å². The van der Waals surface area contributed by atoms with Gasteiger partial charge in [-0.05, 0) is 18.4 Å². The summed E-state index contributed by atoms with van der Waals surface area (Å²) in [6, 6.07) is 10.7. The molecule has 0 unspecified atom stereocenters. The van der Waals surface area contributed by atoms with Crippen molar-refractivity contribution in [2.24, 2.45) is 0 Å². The minimum absolute atomic E-state index is 0.0921. The second-order valence-corrected chi connectivity index (χ2v) is 6.82. The van der Waals surface area contributed by atoms with Crippen LogP contribution in [0.2, 0.25) is 0 Å². The molecule has 0 aliphatic carbocycles. The lowest BCUT2D eigenvalue weighted by atomic mass is 9.74. The highest BCUT2D eigenvalue weighted by atomic mass is 16.5. The average Bonchev–Trinajstić information content (AvgIpc) is 2.81. The minimum atomic E-state index is -0.834. The molecule has 1 aromatic rings. The van der Waals surface area contributed by atoms with Crippen LogP contribution in [0, 0.1) is 0 Å². The molecule has 0 radical (unpaired) electrons. The SMILES string of the molecule is O[C@]1(CNCC2(c3ccccc3)CCOCC2)CNCCOC1. The lowest BCUT2D eigenvalue weighted by Crippen LogP contribution is -2.53. The molecule has 0 saturated carbocycles. The number of ether oxygens (including phenoxy) is 2. The van der Waals surface area contributed by atoms with Gasteiger partial charge in [-0.3, -0.25) is 0 Å². The standard InChI is InChI=1S/C18H28N2O3/c21-18(13-19-8-11-23-15-18)14-20-12-17(6-9-22-10-7-17)16-4-2-1-3-5-16/h1-5,19-21H,6-15H2/t18-/m0/s1. The minimum Gasteiger partial charge on any atom is -0.385 e. The van der Waals surface area contributed by atoms with E-state index in [1.54, 1.807) is 0 Å². The van der Waals surface area contributed by atoms with Crippen LogP contribution in [-0.4, -0.2) is 63.3 Å². The zero-order valence-electron chi connectivity index (χ0n) is 13.7. The summed E-state index contributed by atoms with van der Waals surface area (Å²) in [7, 11) is 0. The summed E-state index contributed by atoms with van der Waals surface area (Å²) in [5, 5.41) is 17.4. The van der Waals surface area contributed by atoms with Crippen LogP contribution in [0.5, 0.6) is 0 Å². The summed E-state index contributed by atoms with van der Waals surface area (Å²) in [4.78, 5) is 0. The molecule has 3 rings (SSSR count). The molecular weight excluding hydrogens is 292 g/mol. The van der Waals surface area contributed by atoms with Crippen LogP contribution in [0.1, 0.15) is 18.4 Å². The van der Waals surface area contributed by atoms with Crippen molar-refractivity contribution in [1.82, 2.24) is 10.6 Å². The van der Waals surface area contributed by atoms with E-state index < -0.39 is 5.60 Å². The van der Waals surface area contributed by atoms with E-state index in [-0.39, 0.29) is 5.41 Å². The van der Waals surface area contributed by atoms with Gasteiger partial charge in [-0.15, -0.1) is 0 Å². The summed E-state index contributed by atoms with van der Waals surface area (Å²) in [5.74, 6) is 0. The maximum atomic E-state index is 10.7. The normalized spacial score (nSPS) is 28.2. The maximum Gasteiger partial charge on any atom is 0.113 e. The van der Waals surface area contributed by atoms with Crippen LogP contribution >= 0.6 is 0 Å². The van der Waals surface area contributed by atoms with E-state index in [1.165, 1.54) is 5.56 Å². The van der Waals surface area contributed by atoms with E-state index in [9.17, 15) is 5.11 Å². The molecule has 1 aromatic carbocycles. The second-order valence-electron chi connectivity index (χ2n) is 6.82. The molecule has 23 heavy (non-hydrogen) atoms. The van der Waals surface area contributed by atoms with Crippen molar-refractivity contribution in [2.45, 2.75) is 23.9 Å². The highest BCUT2D eigenvalue weighted by Gasteiger charge is 2.35. The number of hydrogen-bond acceptors (Lipinski definition) is 5. The van der Waals surface area contributed by atoms with Crippen molar-refractivity contribution in [3.63, 3.8) is 0 Å². The van der Waals surface area contributed by atoms with Crippen LogP contribution < -0.4 is 10.6 Å². The molecule has 0 aromatic heterocycles. The highest BCUT2D eigenvalue weighted by Crippen LogP contribution is 2.34. The third kappa shape index (κ3) is 4.31. The van der Waals surface area contributed by atoms with Crippen molar-refractivity contribution >= 4 is 0 Å². The summed E-state index contributed by atoms with van der Waals surface area (Å²) in [6.45, 7) is 5.40. The van der Waals surface area contributed by atoms with Gasteiger partial charge in [0.1, 0.15) is 5.60 Å². The number of hydrogen-bond donors (Lipinski definition) is 3. The topological polar surface area (TPSA) is 62.8 Å². The average molecular weight is 320 g/mol. The largest absolute Gasteiger partial charge is 0.385 e. The summed E-state index contributed by atoms with van der Waals surface area (Å²) < 4.78 is 11.1. The first-order chi connectivity index (χ1) is 11.2. The molecule has 0 spiro atoms. The van der Waals surface area contributed by atoms with Gasteiger partial charge in [0.15, 0.2) is 0 Å². The van der Waals surface area contributed by atoms with Gasteiger partial charge in [0, 0.05) is 44.8 Å². The Balaban J connectivity index is 1.63. The Morgan fingerprint density at radius 2 is 1.83 bits per heavy atom. The summed E-state index contributed by atoms with van der Waals surface area (Å²) in [5.41, 5.74) is 0.618. The first-order valence-electron chi connectivity index (χ1n) is 8.57. The Bertz CT molecular complexity index is 466. The van der Waals surface area contributed by atoms with Crippen LogP contribution in [0.15, 0.2) is 30.3 Å². The van der Waals surface area contributed by atoms with Crippen LogP contribution in [0.25, 0.3) is 0 Å². The van der Waals surface area contributed by atoms with Crippen molar-refractivity contribution in [1.29, 1.82) is 0 Å². The van der Waals surface area contributed by atoms with Crippen LogP contribution in [0.3, 0.4) is 0 Å². The lowest BCUT2D eigenvalue weighted by molar-refractivity contribution is -0.0282. The molecule has 5 nitrogen and oxygen atoms in total. The van der Waals surface area contributed by atoms with E-state index in [0.29, 0.717) is 26.3 Å². The maximum absolute atomic E-state index is 10.7. The van der Waals surface area contributed by atoms with E-state index in [1.807, 2.05) is 0 Å². The van der Waals surface area contributed by atoms with Gasteiger partial charge >= 0.3 is 0 Å². The predicted molar refractivity (Wildman–Crippen MR) is 89.7 cm³/mol. The van der Waals surface area contributed by atoms with E-state index in [4.69, 9.17) is 9.47 Å². The summed E-state index contributed by atoms with van der Waals surface area (Å²) >= 11 is 0. The molecule has 0 amide bonds. The van der Waals surface area contributed by atoms with Crippen molar-refractivity contribution in [3.8, 4) is 0 Å². The molecule has 5 heteroatoms. The van der Waals surface area contributed by atoms with Gasteiger partial charge in [0.2, 0.25) is 0 Å². The Labute approximate surface area is 138 Å². The fourth-order valence-corrected chi connectivity index (χ4v) is 3.55. The smallest absolute Gasteiger partial charge is 0.113 e. The highest BCUT2D eigenvalue weighted by molar-refractivity contribution is 5.26. The zero-order chi connectivity index (χ0) is 16.0. The number of nitrogens with one attached hydrogen (secondary N) is 2. The first-order valence-corrected chi connectivity index (χ1v) is 8.57. The zero-order valence-corrected chi connectivity index (χ0v) is 13.7. The quantitative estimate of drug-likeness (QED) is 0.744. The van der Waals surface area contributed by atoms with Crippen molar-refractivity contribution in [3.05, 3.63) is 35.9 Å². The fourth-order valence-electron chi connectivity index (χ4n) is 3.55. The van der Waals surface area contributed by atoms with E-state index in [2.05, 4.69) is 41.0 Å². The Morgan fingerprint density at radius 3 is 2.61 bits per heavy atom. The number of aliphatic hydroxyl groups is 1. The van der Waals surface area contributed by atoms with Crippen molar-refractivity contribution < 1.29 is 14.6 Å². The molecular formula is C18H28N2O3. The van der Waals surface area contributed by atoms with Crippen LogP contribution in [0.4, 0.5) is 0 Å². The fraction of sp³-hybridized carbons (Fsp3) is 0.667. The lowest BCUT2D eigenvalue weighted by Gasteiger charge is -2.39. The van der Waals surface area contributed by atoms with Gasteiger partial charge < -0.3 is 25.2 Å². The third-order valence-corrected chi connectivity index (χ3v) is 5.00. The molecule has 2 aliphatic heterocycles.